The minimum atomic E-state index is -3.78. The van der Waals surface area contributed by atoms with Gasteiger partial charge in [0.15, 0.2) is 0 Å². The predicted molar refractivity (Wildman–Crippen MR) is 128 cm³/mol. The van der Waals surface area contributed by atoms with Crippen LogP contribution in [0, 0.1) is 0 Å². The van der Waals surface area contributed by atoms with Crippen LogP contribution in [0.3, 0.4) is 0 Å². The molecule has 0 aliphatic rings. The fraction of sp³-hybridized carbons (Fsp3) is 0.200. The molecule has 7 nitrogen and oxygen atoms in total. The Labute approximate surface area is 192 Å². The van der Waals surface area contributed by atoms with Crippen LogP contribution in [0.4, 0.5) is 0 Å². The number of hydrogen-bond acceptors (Lipinski definition) is 6. The van der Waals surface area contributed by atoms with Crippen molar-refractivity contribution in [2.75, 3.05) is 28.4 Å². The lowest BCUT2D eigenvalue weighted by Gasteiger charge is -2.19. The highest BCUT2D eigenvalue weighted by Crippen LogP contribution is 2.46. The molecule has 4 rings (SSSR count). The summed E-state index contributed by atoms with van der Waals surface area (Å²) in [5.74, 6) is 2.13. The standard InChI is InChI=1S/C25H25NO6S/c1-29-20-11-12-21(30-2)24-23(20)22(31-3)14-18(25(24)32-4)15-26-33(27,28)19-10-9-16-7-5-6-8-17(16)13-19/h5-14,26H,15H2,1-4H3. The second-order valence-corrected chi connectivity index (χ2v) is 9.09. The summed E-state index contributed by atoms with van der Waals surface area (Å²) in [5, 5.41) is 3.14. The Morgan fingerprint density at radius 1 is 0.697 bits per heavy atom. The van der Waals surface area contributed by atoms with Crippen LogP contribution >= 0.6 is 0 Å². The van der Waals surface area contributed by atoms with Gasteiger partial charge in [-0.05, 0) is 41.1 Å². The van der Waals surface area contributed by atoms with Gasteiger partial charge in [0.25, 0.3) is 0 Å². The number of methoxy groups -OCH3 is 4. The van der Waals surface area contributed by atoms with Crippen LogP contribution < -0.4 is 23.7 Å². The molecule has 4 aromatic carbocycles. The molecule has 0 bridgehead atoms. The number of nitrogens with one attached hydrogen (secondary N) is 1. The largest absolute Gasteiger partial charge is 0.496 e. The van der Waals surface area contributed by atoms with Gasteiger partial charge in [-0.1, -0.05) is 30.3 Å². The molecule has 33 heavy (non-hydrogen) atoms. The van der Waals surface area contributed by atoms with Crippen LogP contribution in [-0.4, -0.2) is 36.9 Å². The first-order chi connectivity index (χ1) is 15.9. The van der Waals surface area contributed by atoms with Gasteiger partial charge in [0.2, 0.25) is 10.0 Å². The lowest BCUT2D eigenvalue weighted by atomic mass is 10.0. The molecule has 0 saturated carbocycles. The summed E-state index contributed by atoms with van der Waals surface area (Å²) in [6, 6.07) is 17.9. The second-order valence-electron chi connectivity index (χ2n) is 7.32. The topological polar surface area (TPSA) is 83.1 Å². The summed E-state index contributed by atoms with van der Waals surface area (Å²) < 4.78 is 51.2. The first-order valence-electron chi connectivity index (χ1n) is 10.2. The molecule has 0 radical (unpaired) electrons. The maximum Gasteiger partial charge on any atom is 0.240 e. The first kappa shape index (κ1) is 22.7. The highest BCUT2D eigenvalue weighted by molar-refractivity contribution is 7.89. The van der Waals surface area contributed by atoms with Crippen LogP contribution in [0.2, 0.25) is 0 Å². The van der Waals surface area contributed by atoms with Gasteiger partial charge in [-0.25, -0.2) is 13.1 Å². The molecule has 0 aliphatic heterocycles. The Balaban J connectivity index is 1.78. The third-order valence-corrected chi connectivity index (χ3v) is 6.95. The molecule has 0 heterocycles. The lowest BCUT2D eigenvalue weighted by Crippen LogP contribution is -2.23. The zero-order valence-electron chi connectivity index (χ0n) is 18.8. The van der Waals surface area contributed by atoms with E-state index in [2.05, 4.69) is 4.72 Å². The van der Waals surface area contributed by atoms with Gasteiger partial charge in [0, 0.05) is 12.1 Å². The van der Waals surface area contributed by atoms with Crippen molar-refractivity contribution in [3.8, 4) is 23.0 Å². The molecule has 0 unspecified atom stereocenters. The number of benzene rings is 4. The third-order valence-electron chi connectivity index (χ3n) is 5.55. The molecule has 8 heteroatoms. The molecular weight excluding hydrogens is 442 g/mol. The molecule has 0 amide bonds. The Hall–Kier alpha value is -3.49. The summed E-state index contributed by atoms with van der Waals surface area (Å²) in [4.78, 5) is 0.187. The molecule has 0 spiro atoms. The number of hydrogen-bond donors (Lipinski definition) is 1. The van der Waals surface area contributed by atoms with Crippen molar-refractivity contribution in [3.63, 3.8) is 0 Å². The van der Waals surface area contributed by atoms with Crippen LogP contribution in [-0.2, 0) is 16.6 Å². The normalized spacial score (nSPS) is 11.5. The molecular formula is C25H25NO6S. The van der Waals surface area contributed by atoms with Crippen molar-refractivity contribution in [2.45, 2.75) is 11.4 Å². The monoisotopic (exact) mass is 467 g/mol. The lowest BCUT2D eigenvalue weighted by molar-refractivity contribution is 0.389. The van der Waals surface area contributed by atoms with Gasteiger partial charge in [-0.15, -0.1) is 0 Å². The van der Waals surface area contributed by atoms with Gasteiger partial charge in [-0.2, -0.15) is 0 Å². The van der Waals surface area contributed by atoms with Gasteiger partial charge < -0.3 is 18.9 Å². The highest BCUT2D eigenvalue weighted by Gasteiger charge is 2.22. The molecule has 0 aliphatic carbocycles. The zero-order chi connectivity index (χ0) is 23.6. The molecule has 172 valence electrons. The average Bonchev–Trinajstić information content (AvgIpc) is 2.85. The van der Waals surface area contributed by atoms with Crippen LogP contribution in [0.5, 0.6) is 23.0 Å². The Morgan fingerprint density at radius 3 is 1.97 bits per heavy atom. The van der Waals surface area contributed by atoms with Crippen LogP contribution in [0.15, 0.2) is 65.6 Å². The zero-order valence-corrected chi connectivity index (χ0v) is 19.7. The Bertz CT molecular complexity index is 1430. The van der Waals surface area contributed by atoms with Crippen molar-refractivity contribution >= 4 is 31.6 Å². The van der Waals surface area contributed by atoms with Gasteiger partial charge in [-0.3, -0.25) is 0 Å². The minimum Gasteiger partial charge on any atom is -0.496 e. The predicted octanol–water partition coefficient (Wildman–Crippen LogP) is 4.51. The van der Waals surface area contributed by atoms with Crippen LogP contribution in [0.25, 0.3) is 21.5 Å². The van der Waals surface area contributed by atoms with E-state index in [1.54, 1.807) is 57.7 Å². The fourth-order valence-corrected chi connectivity index (χ4v) is 4.99. The highest BCUT2D eigenvalue weighted by atomic mass is 32.2. The van der Waals surface area contributed by atoms with Crippen LogP contribution in [0.1, 0.15) is 5.56 Å². The first-order valence-corrected chi connectivity index (χ1v) is 11.7. The second kappa shape index (κ2) is 9.17. The van der Waals surface area contributed by atoms with E-state index in [0.29, 0.717) is 39.3 Å². The summed E-state index contributed by atoms with van der Waals surface area (Å²) >= 11 is 0. The third kappa shape index (κ3) is 4.15. The van der Waals surface area contributed by atoms with E-state index in [0.717, 1.165) is 10.8 Å². The van der Waals surface area contributed by atoms with Crippen molar-refractivity contribution in [2.24, 2.45) is 0 Å². The van der Waals surface area contributed by atoms with Crippen molar-refractivity contribution in [3.05, 3.63) is 66.2 Å². The number of fused-ring (bicyclic) bond motifs is 2. The maximum atomic E-state index is 13.1. The van der Waals surface area contributed by atoms with E-state index < -0.39 is 10.0 Å². The number of rotatable bonds is 8. The van der Waals surface area contributed by atoms with Gasteiger partial charge in [0.05, 0.1) is 44.1 Å². The molecule has 0 fully saturated rings. The maximum absolute atomic E-state index is 13.1. The number of sulfonamides is 1. The molecule has 1 N–H and O–H groups in total. The summed E-state index contributed by atoms with van der Waals surface area (Å²) in [7, 11) is 2.42. The average molecular weight is 468 g/mol. The molecule has 0 saturated heterocycles. The quantitative estimate of drug-likeness (QED) is 0.411. The van der Waals surface area contributed by atoms with Gasteiger partial charge >= 0.3 is 0 Å². The van der Waals surface area contributed by atoms with E-state index in [1.807, 2.05) is 24.3 Å². The summed E-state index contributed by atoms with van der Waals surface area (Å²) in [6.45, 7) is -0.00893. The summed E-state index contributed by atoms with van der Waals surface area (Å²) in [6.07, 6.45) is 0. The van der Waals surface area contributed by atoms with E-state index in [1.165, 1.54) is 7.11 Å². The van der Waals surface area contributed by atoms with Gasteiger partial charge in [0.1, 0.15) is 23.0 Å². The van der Waals surface area contributed by atoms with E-state index in [9.17, 15) is 8.42 Å². The van der Waals surface area contributed by atoms with E-state index >= 15 is 0 Å². The SMILES string of the molecule is COc1ccc(OC)c2c(OC)c(CNS(=O)(=O)c3ccc4ccccc4c3)cc(OC)c12. The molecule has 4 aromatic rings. The smallest absolute Gasteiger partial charge is 0.240 e. The van der Waals surface area contributed by atoms with E-state index in [-0.39, 0.29) is 11.4 Å². The van der Waals surface area contributed by atoms with Crippen molar-refractivity contribution in [1.82, 2.24) is 4.72 Å². The Morgan fingerprint density at radius 2 is 1.33 bits per heavy atom. The van der Waals surface area contributed by atoms with E-state index in [4.69, 9.17) is 18.9 Å². The Kier molecular flexibility index (Phi) is 6.31. The molecule has 0 atom stereocenters. The summed E-state index contributed by atoms with van der Waals surface area (Å²) in [5.41, 5.74) is 0.595. The molecule has 0 aromatic heterocycles. The minimum absolute atomic E-state index is 0.00893. The van der Waals surface area contributed by atoms with Crippen molar-refractivity contribution in [1.29, 1.82) is 0 Å². The van der Waals surface area contributed by atoms with Crippen molar-refractivity contribution < 1.29 is 27.4 Å². The fourth-order valence-electron chi connectivity index (χ4n) is 3.95. The number of ether oxygens (including phenoxy) is 4.